The molecule has 0 spiro atoms. The van der Waals surface area contributed by atoms with Crippen LogP contribution in [0.4, 0.5) is 5.69 Å². The van der Waals surface area contributed by atoms with E-state index >= 15 is 0 Å². The van der Waals surface area contributed by atoms with E-state index in [-0.39, 0.29) is 5.91 Å². The summed E-state index contributed by atoms with van der Waals surface area (Å²) in [7, 11) is 0. The highest BCUT2D eigenvalue weighted by atomic mass is 16.5. The van der Waals surface area contributed by atoms with Crippen LogP contribution in [0.5, 0.6) is 0 Å². The molecular formula is C15H21NO2. The predicted molar refractivity (Wildman–Crippen MR) is 72.7 cm³/mol. The van der Waals surface area contributed by atoms with Gasteiger partial charge in [0, 0.05) is 25.3 Å². The smallest absolute Gasteiger partial charge is 0.224 e. The number of aryl methyl sites for hydroxylation is 2. The van der Waals surface area contributed by atoms with Gasteiger partial charge in [-0.3, -0.25) is 4.79 Å². The molecule has 3 nitrogen and oxygen atoms in total. The Labute approximate surface area is 109 Å². The minimum atomic E-state index is 0.124. The van der Waals surface area contributed by atoms with Gasteiger partial charge in [-0.2, -0.15) is 0 Å². The van der Waals surface area contributed by atoms with Crippen LogP contribution in [-0.4, -0.2) is 19.1 Å². The first-order valence-electron chi connectivity index (χ1n) is 6.60. The standard InChI is InChI=1S/C15H21NO2/c1-11-4-3-5-12(2)15(11)16-14(17)10-13-6-8-18-9-7-13/h3-5,13H,6-10H2,1-2H3,(H,16,17). The Hall–Kier alpha value is -1.35. The van der Waals surface area contributed by atoms with Gasteiger partial charge in [0.15, 0.2) is 0 Å². The molecule has 0 atom stereocenters. The van der Waals surface area contributed by atoms with Crippen LogP contribution in [0.1, 0.15) is 30.4 Å². The number of amides is 1. The van der Waals surface area contributed by atoms with Crippen LogP contribution in [0.2, 0.25) is 0 Å². The Morgan fingerprint density at radius 2 is 1.89 bits per heavy atom. The molecule has 3 heteroatoms. The van der Waals surface area contributed by atoms with Gasteiger partial charge in [0.05, 0.1) is 0 Å². The van der Waals surface area contributed by atoms with Gasteiger partial charge in [0.1, 0.15) is 0 Å². The van der Waals surface area contributed by atoms with Gasteiger partial charge >= 0.3 is 0 Å². The molecule has 1 aromatic carbocycles. The second-order valence-corrected chi connectivity index (χ2v) is 5.07. The molecule has 1 aromatic rings. The maximum Gasteiger partial charge on any atom is 0.224 e. The van der Waals surface area contributed by atoms with E-state index in [9.17, 15) is 4.79 Å². The van der Waals surface area contributed by atoms with Crippen molar-refractivity contribution in [1.82, 2.24) is 0 Å². The van der Waals surface area contributed by atoms with Crippen LogP contribution in [0.15, 0.2) is 18.2 Å². The fourth-order valence-corrected chi connectivity index (χ4v) is 2.41. The molecule has 1 aliphatic heterocycles. The Balaban J connectivity index is 1.94. The van der Waals surface area contributed by atoms with E-state index in [0.717, 1.165) is 42.9 Å². The number of benzene rings is 1. The molecule has 1 N–H and O–H groups in total. The number of hydrogen-bond donors (Lipinski definition) is 1. The topological polar surface area (TPSA) is 38.3 Å². The lowest BCUT2D eigenvalue weighted by molar-refractivity contribution is -0.117. The molecule has 0 radical (unpaired) electrons. The largest absolute Gasteiger partial charge is 0.381 e. The third-order valence-electron chi connectivity index (χ3n) is 3.56. The number of ether oxygens (including phenoxy) is 1. The van der Waals surface area contributed by atoms with Gasteiger partial charge in [0.25, 0.3) is 0 Å². The molecule has 0 unspecified atom stereocenters. The van der Waals surface area contributed by atoms with Gasteiger partial charge in [-0.05, 0) is 43.7 Å². The van der Waals surface area contributed by atoms with Gasteiger partial charge in [-0.25, -0.2) is 0 Å². The quantitative estimate of drug-likeness (QED) is 0.891. The summed E-state index contributed by atoms with van der Waals surface area (Å²) in [6, 6.07) is 6.06. The van der Waals surface area contributed by atoms with Crippen molar-refractivity contribution in [3.63, 3.8) is 0 Å². The van der Waals surface area contributed by atoms with Crippen LogP contribution in [-0.2, 0) is 9.53 Å². The summed E-state index contributed by atoms with van der Waals surface area (Å²) < 4.78 is 5.31. The van der Waals surface area contributed by atoms with E-state index in [4.69, 9.17) is 4.74 Å². The molecule has 2 rings (SSSR count). The number of carbonyl (C=O) groups excluding carboxylic acids is 1. The van der Waals surface area contributed by atoms with Crippen molar-refractivity contribution in [2.45, 2.75) is 33.1 Å². The molecule has 1 aliphatic rings. The third kappa shape index (κ3) is 3.33. The maximum atomic E-state index is 12.0. The van der Waals surface area contributed by atoms with E-state index in [1.165, 1.54) is 0 Å². The second-order valence-electron chi connectivity index (χ2n) is 5.07. The second kappa shape index (κ2) is 6.01. The monoisotopic (exact) mass is 247 g/mol. The molecule has 1 amide bonds. The van der Waals surface area contributed by atoms with Gasteiger partial charge < -0.3 is 10.1 Å². The summed E-state index contributed by atoms with van der Waals surface area (Å²) in [5.41, 5.74) is 3.21. The minimum absolute atomic E-state index is 0.124. The molecular weight excluding hydrogens is 226 g/mol. The average molecular weight is 247 g/mol. The van der Waals surface area contributed by atoms with Gasteiger partial charge in [0.2, 0.25) is 5.91 Å². The molecule has 0 saturated carbocycles. The van der Waals surface area contributed by atoms with Crippen molar-refractivity contribution in [3.8, 4) is 0 Å². The highest BCUT2D eigenvalue weighted by Crippen LogP contribution is 2.22. The van der Waals surface area contributed by atoms with Gasteiger partial charge in [-0.15, -0.1) is 0 Å². The average Bonchev–Trinajstić information content (AvgIpc) is 2.35. The lowest BCUT2D eigenvalue weighted by atomic mass is 9.96. The molecule has 1 fully saturated rings. The van der Waals surface area contributed by atoms with E-state index in [0.29, 0.717) is 12.3 Å². The Morgan fingerprint density at radius 1 is 1.28 bits per heavy atom. The number of rotatable bonds is 3. The molecule has 0 bridgehead atoms. The zero-order chi connectivity index (χ0) is 13.0. The lowest BCUT2D eigenvalue weighted by Gasteiger charge is -2.21. The molecule has 1 heterocycles. The lowest BCUT2D eigenvalue weighted by Crippen LogP contribution is -2.22. The summed E-state index contributed by atoms with van der Waals surface area (Å²) in [4.78, 5) is 12.0. The normalized spacial score (nSPS) is 16.6. The first kappa shape index (κ1) is 13.1. The molecule has 0 aliphatic carbocycles. The van der Waals surface area contributed by atoms with E-state index in [1.54, 1.807) is 0 Å². The Kier molecular flexibility index (Phi) is 4.37. The van der Waals surface area contributed by atoms with Crippen molar-refractivity contribution in [3.05, 3.63) is 29.3 Å². The van der Waals surface area contributed by atoms with Crippen molar-refractivity contribution in [1.29, 1.82) is 0 Å². The highest BCUT2D eigenvalue weighted by molar-refractivity contribution is 5.92. The zero-order valence-corrected chi connectivity index (χ0v) is 11.2. The SMILES string of the molecule is Cc1cccc(C)c1NC(=O)CC1CCOCC1. The van der Waals surface area contributed by atoms with Crippen LogP contribution >= 0.6 is 0 Å². The van der Waals surface area contributed by atoms with Crippen LogP contribution in [0, 0.1) is 19.8 Å². The van der Waals surface area contributed by atoms with E-state index < -0.39 is 0 Å². The van der Waals surface area contributed by atoms with Crippen molar-refractivity contribution >= 4 is 11.6 Å². The first-order chi connectivity index (χ1) is 8.66. The fraction of sp³-hybridized carbons (Fsp3) is 0.533. The van der Waals surface area contributed by atoms with Gasteiger partial charge in [-0.1, -0.05) is 18.2 Å². The molecule has 98 valence electrons. The number of nitrogens with one attached hydrogen (secondary N) is 1. The maximum absolute atomic E-state index is 12.0. The summed E-state index contributed by atoms with van der Waals surface area (Å²) in [5, 5.41) is 3.05. The molecule has 18 heavy (non-hydrogen) atoms. The van der Waals surface area contributed by atoms with Crippen LogP contribution in [0.3, 0.4) is 0 Å². The van der Waals surface area contributed by atoms with Crippen molar-refractivity contribution in [2.75, 3.05) is 18.5 Å². The number of anilines is 1. The predicted octanol–water partition coefficient (Wildman–Crippen LogP) is 3.06. The minimum Gasteiger partial charge on any atom is -0.381 e. The third-order valence-corrected chi connectivity index (χ3v) is 3.56. The van der Waals surface area contributed by atoms with Crippen molar-refractivity contribution < 1.29 is 9.53 Å². The number of carbonyl (C=O) groups is 1. The summed E-state index contributed by atoms with van der Waals surface area (Å²) >= 11 is 0. The van der Waals surface area contributed by atoms with E-state index in [2.05, 4.69) is 5.32 Å². The van der Waals surface area contributed by atoms with Crippen LogP contribution in [0.25, 0.3) is 0 Å². The summed E-state index contributed by atoms with van der Waals surface area (Å²) in [5.74, 6) is 0.599. The Morgan fingerprint density at radius 3 is 2.50 bits per heavy atom. The van der Waals surface area contributed by atoms with Crippen LogP contribution < -0.4 is 5.32 Å². The molecule has 0 aromatic heterocycles. The fourth-order valence-electron chi connectivity index (χ4n) is 2.41. The number of para-hydroxylation sites is 1. The zero-order valence-electron chi connectivity index (χ0n) is 11.2. The highest BCUT2D eigenvalue weighted by Gasteiger charge is 2.18. The number of hydrogen-bond acceptors (Lipinski definition) is 2. The molecule has 1 saturated heterocycles. The summed E-state index contributed by atoms with van der Waals surface area (Å²) in [6.45, 7) is 5.64. The Bertz CT molecular complexity index is 402. The first-order valence-corrected chi connectivity index (χ1v) is 6.60. The van der Waals surface area contributed by atoms with E-state index in [1.807, 2.05) is 32.0 Å². The van der Waals surface area contributed by atoms with Crippen molar-refractivity contribution in [2.24, 2.45) is 5.92 Å². The summed E-state index contributed by atoms with van der Waals surface area (Å²) in [6.07, 6.45) is 2.61.